The molecule has 0 amide bonds. The van der Waals surface area contributed by atoms with Gasteiger partial charge in [-0.3, -0.25) is 4.79 Å². The summed E-state index contributed by atoms with van der Waals surface area (Å²) < 4.78 is 6.09. The molecule has 0 aromatic heterocycles. The number of halogens is 1. The number of methoxy groups -OCH3 is 1. The Kier molecular flexibility index (Phi) is 3.68. The lowest BCUT2D eigenvalue weighted by Crippen LogP contribution is -1.93. The zero-order valence-corrected chi connectivity index (χ0v) is 13.1. The van der Waals surface area contributed by atoms with Crippen LogP contribution >= 0.6 is 27.7 Å². The number of rotatable bonds is 2. The summed E-state index contributed by atoms with van der Waals surface area (Å²) in [6.45, 7) is 0. The molecule has 0 unspecified atom stereocenters. The Morgan fingerprint density at radius 2 is 1.90 bits per heavy atom. The molecule has 0 radical (unpaired) electrons. The fourth-order valence-corrected chi connectivity index (χ4v) is 3.69. The molecule has 2 nitrogen and oxygen atoms in total. The molecule has 1 aliphatic heterocycles. The number of thioether (sulfide) groups is 1. The van der Waals surface area contributed by atoms with Crippen molar-refractivity contribution in [1.29, 1.82) is 0 Å². The van der Waals surface area contributed by atoms with Crippen molar-refractivity contribution in [3.8, 4) is 5.75 Å². The highest BCUT2D eigenvalue weighted by molar-refractivity contribution is 9.10. The number of Topliss-reactive ketones (excluding diaryl/α,β-unsaturated/α-hetero) is 1. The van der Waals surface area contributed by atoms with E-state index in [9.17, 15) is 4.79 Å². The van der Waals surface area contributed by atoms with E-state index in [2.05, 4.69) is 15.9 Å². The van der Waals surface area contributed by atoms with Gasteiger partial charge in [0, 0.05) is 14.9 Å². The van der Waals surface area contributed by atoms with Gasteiger partial charge in [0.1, 0.15) is 5.75 Å². The number of allylic oxidation sites excluding steroid dienone is 1. The molecular formula is C16H11BrO2S. The van der Waals surface area contributed by atoms with Gasteiger partial charge < -0.3 is 4.74 Å². The van der Waals surface area contributed by atoms with Crippen LogP contribution < -0.4 is 4.74 Å². The molecule has 3 rings (SSSR count). The van der Waals surface area contributed by atoms with Crippen LogP contribution in [0.5, 0.6) is 5.75 Å². The van der Waals surface area contributed by atoms with Crippen molar-refractivity contribution in [2.75, 3.05) is 7.11 Å². The summed E-state index contributed by atoms with van der Waals surface area (Å²) in [7, 11) is 1.64. The van der Waals surface area contributed by atoms with Crippen LogP contribution in [-0.2, 0) is 0 Å². The van der Waals surface area contributed by atoms with Crippen LogP contribution in [0.15, 0.2) is 56.7 Å². The van der Waals surface area contributed by atoms with Crippen LogP contribution in [-0.4, -0.2) is 12.9 Å². The van der Waals surface area contributed by atoms with Gasteiger partial charge in [0.25, 0.3) is 0 Å². The summed E-state index contributed by atoms with van der Waals surface area (Å²) >= 11 is 5.00. The molecule has 0 bridgehead atoms. The van der Waals surface area contributed by atoms with Gasteiger partial charge in [-0.25, -0.2) is 0 Å². The number of hydrogen-bond donors (Lipinski definition) is 0. The van der Waals surface area contributed by atoms with E-state index in [1.165, 1.54) is 11.8 Å². The number of benzene rings is 2. The highest BCUT2D eigenvalue weighted by Crippen LogP contribution is 2.44. The predicted molar refractivity (Wildman–Crippen MR) is 85.3 cm³/mol. The zero-order valence-electron chi connectivity index (χ0n) is 10.7. The van der Waals surface area contributed by atoms with E-state index < -0.39 is 0 Å². The molecule has 0 aliphatic carbocycles. The number of ketones is 1. The minimum atomic E-state index is 0.0853. The van der Waals surface area contributed by atoms with Crippen molar-refractivity contribution in [2.45, 2.75) is 4.90 Å². The summed E-state index contributed by atoms with van der Waals surface area (Å²) in [6, 6.07) is 13.4. The SMILES string of the molecule is COc1ccc(/C=C2\Sc3c(Br)cccc3C2=O)cc1. The molecule has 0 fully saturated rings. The third-order valence-corrected chi connectivity index (χ3v) is 5.15. The van der Waals surface area contributed by atoms with E-state index in [1.54, 1.807) is 7.11 Å². The van der Waals surface area contributed by atoms with Gasteiger partial charge in [0.2, 0.25) is 5.78 Å². The Balaban J connectivity index is 1.95. The second-order valence-corrected chi connectivity index (χ2v) is 6.24. The summed E-state index contributed by atoms with van der Waals surface area (Å²) in [6.07, 6.45) is 1.92. The van der Waals surface area contributed by atoms with Gasteiger partial charge >= 0.3 is 0 Å². The number of ether oxygens (including phenoxy) is 1. The van der Waals surface area contributed by atoms with E-state index in [1.807, 2.05) is 48.5 Å². The largest absolute Gasteiger partial charge is 0.497 e. The Morgan fingerprint density at radius 1 is 1.15 bits per heavy atom. The van der Waals surface area contributed by atoms with E-state index in [0.717, 1.165) is 31.1 Å². The lowest BCUT2D eigenvalue weighted by atomic mass is 10.1. The van der Waals surface area contributed by atoms with Crippen molar-refractivity contribution in [1.82, 2.24) is 0 Å². The maximum atomic E-state index is 12.3. The predicted octanol–water partition coefficient (Wildman–Crippen LogP) is 4.79. The van der Waals surface area contributed by atoms with Crippen LogP contribution in [0.1, 0.15) is 15.9 Å². The molecule has 2 aromatic rings. The molecule has 4 heteroatoms. The molecule has 100 valence electrons. The fourth-order valence-electron chi connectivity index (χ4n) is 2.03. The normalized spacial score (nSPS) is 15.5. The van der Waals surface area contributed by atoms with E-state index in [4.69, 9.17) is 4.74 Å². The minimum absolute atomic E-state index is 0.0853. The highest BCUT2D eigenvalue weighted by atomic mass is 79.9. The smallest absolute Gasteiger partial charge is 0.200 e. The Bertz CT molecular complexity index is 705. The Morgan fingerprint density at radius 3 is 2.55 bits per heavy atom. The summed E-state index contributed by atoms with van der Waals surface area (Å²) in [5.41, 5.74) is 1.76. The molecule has 0 N–H and O–H groups in total. The number of carbonyl (C=O) groups excluding carboxylic acids is 1. The van der Waals surface area contributed by atoms with Crippen molar-refractivity contribution in [3.05, 3.63) is 63.0 Å². The highest BCUT2D eigenvalue weighted by Gasteiger charge is 2.27. The molecule has 20 heavy (non-hydrogen) atoms. The third-order valence-electron chi connectivity index (χ3n) is 3.06. The zero-order chi connectivity index (χ0) is 14.1. The average molecular weight is 347 g/mol. The first-order valence-electron chi connectivity index (χ1n) is 6.06. The molecule has 0 saturated heterocycles. The van der Waals surface area contributed by atoms with E-state index in [-0.39, 0.29) is 5.78 Å². The first-order chi connectivity index (χ1) is 9.69. The van der Waals surface area contributed by atoms with Crippen molar-refractivity contribution in [2.24, 2.45) is 0 Å². The van der Waals surface area contributed by atoms with Crippen molar-refractivity contribution >= 4 is 39.6 Å². The summed E-state index contributed by atoms with van der Waals surface area (Å²) in [5.74, 6) is 0.894. The molecule has 1 aliphatic rings. The monoisotopic (exact) mass is 346 g/mol. The standard InChI is InChI=1S/C16H11BrO2S/c1-19-11-7-5-10(6-8-11)9-14-15(18)12-3-2-4-13(17)16(12)20-14/h2-9H,1H3/b14-9-. The van der Waals surface area contributed by atoms with Gasteiger partial charge in [0.15, 0.2) is 0 Å². The second kappa shape index (κ2) is 5.46. The maximum absolute atomic E-state index is 12.3. The molecule has 1 heterocycles. The van der Waals surface area contributed by atoms with Crippen LogP contribution in [0.3, 0.4) is 0 Å². The quantitative estimate of drug-likeness (QED) is 0.731. The van der Waals surface area contributed by atoms with Gasteiger partial charge in [0.05, 0.1) is 12.0 Å². The van der Waals surface area contributed by atoms with Gasteiger partial charge in [-0.2, -0.15) is 0 Å². The molecule has 0 spiro atoms. The lowest BCUT2D eigenvalue weighted by Gasteiger charge is -2.00. The van der Waals surface area contributed by atoms with Gasteiger partial charge in [-0.05, 0) is 51.8 Å². The van der Waals surface area contributed by atoms with Crippen molar-refractivity contribution < 1.29 is 9.53 Å². The Hall–Kier alpha value is -1.52. The van der Waals surface area contributed by atoms with E-state index in [0.29, 0.717) is 0 Å². The number of fused-ring (bicyclic) bond motifs is 1. The minimum Gasteiger partial charge on any atom is -0.497 e. The van der Waals surface area contributed by atoms with Crippen molar-refractivity contribution in [3.63, 3.8) is 0 Å². The molecule has 0 atom stereocenters. The van der Waals surface area contributed by atoms with E-state index >= 15 is 0 Å². The summed E-state index contributed by atoms with van der Waals surface area (Å²) in [4.78, 5) is 14.1. The van der Waals surface area contributed by atoms with Crippen LogP contribution in [0.4, 0.5) is 0 Å². The maximum Gasteiger partial charge on any atom is 0.200 e. The topological polar surface area (TPSA) is 26.3 Å². The molecule has 0 saturated carbocycles. The molecular weight excluding hydrogens is 336 g/mol. The van der Waals surface area contributed by atoms with Gasteiger partial charge in [-0.15, -0.1) is 0 Å². The van der Waals surface area contributed by atoms with Crippen LogP contribution in [0.25, 0.3) is 6.08 Å². The van der Waals surface area contributed by atoms with Crippen LogP contribution in [0, 0.1) is 0 Å². The third kappa shape index (κ3) is 2.41. The number of hydrogen-bond acceptors (Lipinski definition) is 3. The Labute approximate surface area is 130 Å². The first kappa shape index (κ1) is 13.5. The average Bonchev–Trinajstić information content (AvgIpc) is 2.79. The molecule has 2 aromatic carbocycles. The fraction of sp³-hybridized carbons (Fsp3) is 0.0625. The lowest BCUT2D eigenvalue weighted by molar-refractivity contribution is 0.104. The van der Waals surface area contributed by atoms with Crippen LogP contribution in [0.2, 0.25) is 0 Å². The number of carbonyl (C=O) groups is 1. The second-order valence-electron chi connectivity index (χ2n) is 4.33. The van der Waals surface area contributed by atoms with Gasteiger partial charge in [-0.1, -0.05) is 30.0 Å². The first-order valence-corrected chi connectivity index (χ1v) is 7.67. The summed E-state index contributed by atoms with van der Waals surface area (Å²) in [5, 5.41) is 0.